The van der Waals surface area contributed by atoms with Gasteiger partial charge in [0.1, 0.15) is 17.1 Å². The van der Waals surface area contributed by atoms with Crippen molar-refractivity contribution in [2.24, 2.45) is 0 Å². The first-order valence-electron chi connectivity index (χ1n) is 12.0. The number of aliphatic hydroxyl groups excluding tert-OH is 1. The normalized spacial score (nSPS) is 13.3. The van der Waals surface area contributed by atoms with Crippen LogP contribution >= 0.6 is 11.3 Å². The lowest BCUT2D eigenvalue weighted by Crippen LogP contribution is -2.49. The predicted octanol–water partition coefficient (Wildman–Crippen LogP) is 3.99. The highest BCUT2D eigenvalue weighted by molar-refractivity contribution is 7.17. The third kappa shape index (κ3) is 5.74. The van der Waals surface area contributed by atoms with Gasteiger partial charge in [-0.05, 0) is 53.9 Å². The van der Waals surface area contributed by atoms with Gasteiger partial charge in [0.25, 0.3) is 0 Å². The van der Waals surface area contributed by atoms with Crippen LogP contribution < -0.4 is 20.3 Å². The molecule has 1 fully saturated rings. The van der Waals surface area contributed by atoms with Gasteiger partial charge in [-0.1, -0.05) is 12.6 Å². The Hall–Kier alpha value is -4.48. The zero-order valence-corrected chi connectivity index (χ0v) is 21.3. The van der Waals surface area contributed by atoms with Crippen molar-refractivity contribution in [1.82, 2.24) is 14.9 Å². The summed E-state index contributed by atoms with van der Waals surface area (Å²) < 4.78 is 6.92. The van der Waals surface area contributed by atoms with Crippen LogP contribution in [0, 0.1) is 0 Å². The second-order valence-electron chi connectivity index (χ2n) is 8.51. The van der Waals surface area contributed by atoms with E-state index >= 15 is 0 Å². The number of aliphatic hydroxyl groups is 1. The SMILES string of the molecule is C=CC(=O)Nc1cccc(Oc2nc(Nc3ccc(N4CCN(C(=O)CO)CC4)cc3)nc3ccsc23)c1. The molecule has 4 aromatic rings. The summed E-state index contributed by atoms with van der Waals surface area (Å²) in [5.74, 6) is 0.789. The Morgan fingerprint density at radius 1 is 1.05 bits per heavy atom. The molecule has 0 aliphatic carbocycles. The highest BCUT2D eigenvalue weighted by Gasteiger charge is 2.20. The van der Waals surface area contributed by atoms with Crippen molar-refractivity contribution in [2.75, 3.05) is 48.3 Å². The molecule has 0 saturated carbocycles. The first-order valence-corrected chi connectivity index (χ1v) is 12.9. The minimum atomic E-state index is -0.452. The van der Waals surface area contributed by atoms with Crippen LogP contribution in [0.1, 0.15) is 0 Å². The monoisotopic (exact) mass is 530 g/mol. The summed E-state index contributed by atoms with van der Waals surface area (Å²) in [5, 5.41) is 17.0. The molecule has 5 rings (SSSR count). The van der Waals surface area contributed by atoms with Gasteiger partial charge in [-0.15, -0.1) is 11.3 Å². The summed E-state index contributed by atoms with van der Waals surface area (Å²) in [7, 11) is 0. The van der Waals surface area contributed by atoms with Gasteiger partial charge in [0, 0.05) is 49.3 Å². The highest BCUT2D eigenvalue weighted by atomic mass is 32.1. The van der Waals surface area contributed by atoms with E-state index in [1.54, 1.807) is 29.2 Å². The van der Waals surface area contributed by atoms with E-state index in [1.807, 2.05) is 35.7 Å². The Labute approximate surface area is 223 Å². The van der Waals surface area contributed by atoms with Crippen LogP contribution in [0.2, 0.25) is 0 Å². The average molecular weight is 531 g/mol. The van der Waals surface area contributed by atoms with E-state index in [2.05, 4.69) is 32.1 Å². The number of piperazine rings is 1. The van der Waals surface area contributed by atoms with E-state index in [1.165, 1.54) is 17.4 Å². The van der Waals surface area contributed by atoms with Crippen molar-refractivity contribution in [3.05, 3.63) is 72.6 Å². The number of hydrogen-bond donors (Lipinski definition) is 3. The number of rotatable bonds is 8. The van der Waals surface area contributed by atoms with Crippen molar-refractivity contribution in [2.45, 2.75) is 0 Å². The maximum absolute atomic E-state index is 11.7. The quantitative estimate of drug-likeness (QED) is 0.293. The number of hydrogen-bond acceptors (Lipinski definition) is 9. The van der Waals surface area contributed by atoms with Crippen molar-refractivity contribution in [3.8, 4) is 11.6 Å². The summed E-state index contributed by atoms with van der Waals surface area (Å²) in [4.78, 5) is 36.5. The standard InChI is InChI=1S/C27H26N6O4S/c1-2-23(35)28-19-4-3-5-21(16-19)37-26-25-22(10-15-38-25)30-27(31-26)29-18-6-8-20(9-7-18)32-11-13-33(14-12-32)24(36)17-34/h2-10,15-16,34H,1,11-14,17H2,(H,28,35)(H,29,30,31). The molecule has 38 heavy (non-hydrogen) atoms. The number of anilines is 4. The molecule has 3 heterocycles. The number of thiophene rings is 1. The predicted molar refractivity (Wildman–Crippen MR) is 148 cm³/mol. The Kier molecular flexibility index (Phi) is 7.47. The lowest BCUT2D eigenvalue weighted by atomic mass is 10.2. The fourth-order valence-electron chi connectivity index (χ4n) is 4.10. The number of nitrogens with one attached hydrogen (secondary N) is 2. The van der Waals surface area contributed by atoms with Gasteiger partial charge < -0.3 is 30.3 Å². The lowest BCUT2D eigenvalue weighted by Gasteiger charge is -2.35. The molecule has 0 atom stereocenters. The van der Waals surface area contributed by atoms with Gasteiger partial charge >= 0.3 is 0 Å². The molecule has 2 aromatic heterocycles. The Bertz CT molecular complexity index is 1460. The van der Waals surface area contributed by atoms with Crippen LogP contribution in [-0.4, -0.2) is 64.6 Å². The molecular formula is C27H26N6O4S. The third-order valence-electron chi connectivity index (χ3n) is 6.03. The van der Waals surface area contributed by atoms with E-state index in [0.717, 1.165) is 21.6 Å². The molecule has 0 spiro atoms. The van der Waals surface area contributed by atoms with Gasteiger partial charge in [0.2, 0.25) is 23.6 Å². The summed E-state index contributed by atoms with van der Waals surface area (Å²) in [6, 6.07) is 16.9. The molecule has 10 nitrogen and oxygen atoms in total. The molecule has 2 amide bonds. The fourth-order valence-corrected chi connectivity index (χ4v) is 4.86. The Morgan fingerprint density at radius 3 is 2.58 bits per heavy atom. The lowest BCUT2D eigenvalue weighted by molar-refractivity contribution is -0.134. The zero-order valence-electron chi connectivity index (χ0n) is 20.5. The number of nitrogens with zero attached hydrogens (tertiary/aromatic N) is 4. The molecule has 0 radical (unpaired) electrons. The molecule has 0 bridgehead atoms. The number of aromatic nitrogens is 2. The second kappa shape index (κ2) is 11.3. The molecule has 1 saturated heterocycles. The van der Waals surface area contributed by atoms with Crippen LogP contribution in [0.5, 0.6) is 11.6 Å². The van der Waals surface area contributed by atoms with Gasteiger partial charge in [-0.2, -0.15) is 4.98 Å². The maximum atomic E-state index is 11.7. The molecule has 1 aliphatic rings. The van der Waals surface area contributed by atoms with E-state index < -0.39 is 6.61 Å². The summed E-state index contributed by atoms with van der Waals surface area (Å²) in [6.07, 6.45) is 1.21. The van der Waals surface area contributed by atoms with E-state index in [4.69, 9.17) is 9.84 Å². The molecular weight excluding hydrogens is 504 g/mol. The largest absolute Gasteiger partial charge is 0.437 e. The van der Waals surface area contributed by atoms with Crippen LogP contribution in [0.25, 0.3) is 10.2 Å². The van der Waals surface area contributed by atoms with Crippen molar-refractivity contribution in [3.63, 3.8) is 0 Å². The first-order chi connectivity index (χ1) is 18.5. The van der Waals surface area contributed by atoms with Gasteiger partial charge in [0.05, 0.1) is 5.52 Å². The van der Waals surface area contributed by atoms with Crippen molar-refractivity contribution >= 4 is 56.4 Å². The molecule has 2 aromatic carbocycles. The van der Waals surface area contributed by atoms with Gasteiger partial charge in [-0.25, -0.2) is 4.98 Å². The van der Waals surface area contributed by atoms with Crippen LogP contribution in [0.4, 0.5) is 23.0 Å². The first kappa shape index (κ1) is 25.2. The smallest absolute Gasteiger partial charge is 0.248 e. The zero-order chi connectivity index (χ0) is 26.5. The number of ether oxygens (including phenoxy) is 1. The topological polar surface area (TPSA) is 120 Å². The Morgan fingerprint density at radius 2 is 1.84 bits per heavy atom. The van der Waals surface area contributed by atoms with Crippen LogP contribution in [0.3, 0.4) is 0 Å². The van der Waals surface area contributed by atoms with E-state index in [0.29, 0.717) is 49.4 Å². The maximum Gasteiger partial charge on any atom is 0.248 e. The highest BCUT2D eigenvalue weighted by Crippen LogP contribution is 2.34. The van der Waals surface area contributed by atoms with Gasteiger partial charge in [0.15, 0.2) is 0 Å². The summed E-state index contributed by atoms with van der Waals surface area (Å²) in [5.41, 5.74) is 3.21. The van der Waals surface area contributed by atoms with Crippen molar-refractivity contribution in [1.29, 1.82) is 0 Å². The van der Waals surface area contributed by atoms with E-state index in [-0.39, 0.29) is 11.8 Å². The van der Waals surface area contributed by atoms with E-state index in [9.17, 15) is 9.59 Å². The summed E-state index contributed by atoms with van der Waals surface area (Å²) in [6.45, 7) is 5.59. The summed E-state index contributed by atoms with van der Waals surface area (Å²) >= 11 is 1.48. The molecule has 194 valence electrons. The minimum absolute atomic E-state index is 0.234. The van der Waals surface area contributed by atoms with Gasteiger partial charge in [-0.3, -0.25) is 9.59 Å². The van der Waals surface area contributed by atoms with Crippen molar-refractivity contribution < 1.29 is 19.4 Å². The number of fused-ring (bicyclic) bond motifs is 1. The second-order valence-corrected chi connectivity index (χ2v) is 9.42. The van der Waals surface area contributed by atoms with Crippen LogP contribution in [-0.2, 0) is 9.59 Å². The average Bonchev–Trinajstić information content (AvgIpc) is 3.42. The minimum Gasteiger partial charge on any atom is -0.437 e. The number of amides is 2. The molecule has 0 unspecified atom stereocenters. The number of benzene rings is 2. The molecule has 3 N–H and O–H groups in total. The third-order valence-corrected chi connectivity index (χ3v) is 6.92. The number of carbonyl (C=O) groups is 2. The number of carbonyl (C=O) groups excluding carboxylic acids is 2. The Balaban J connectivity index is 1.30. The fraction of sp³-hybridized carbons (Fsp3) is 0.185. The molecule has 11 heteroatoms. The molecule has 1 aliphatic heterocycles. The van der Waals surface area contributed by atoms with Crippen LogP contribution in [0.15, 0.2) is 72.6 Å².